The van der Waals surface area contributed by atoms with Crippen molar-refractivity contribution in [1.29, 1.82) is 0 Å². The van der Waals surface area contributed by atoms with E-state index in [0.29, 0.717) is 5.02 Å². The van der Waals surface area contributed by atoms with Crippen LogP contribution in [0, 0.1) is 0 Å². The minimum atomic E-state index is -0.255. The Hall–Kier alpha value is -1.06. The van der Waals surface area contributed by atoms with E-state index >= 15 is 0 Å². The molecule has 1 N–H and O–H groups in total. The highest BCUT2D eigenvalue weighted by molar-refractivity contribution is 6.31. The number of halogens is 1. The van der Waals surface area contributed by atoms with Gasteiger partial charge in [0.05, 0.1) is 13.5 Å². The molecule has 15 heavy (non-hydrogen) atoms. The molecule has 4 heteroatoms. The molecule has 0 aromatic heterocycles. The molecular weight excluding hydrogens is 214 g/mol. The normalized spacial score (nSPS) is 12.2. The maximum absolute atomic E-state index is 11.2. The molecule has 0 amide bonds. The number of ether oxygens (including phenoxy) is 1. The Labute approximate surface area is 94.4 Å². The van der Waals surface area contributed by atoms with E-state index in [0.717, 1.165) is 5.56 Å². The number of carbonyl (C=O) groups is 1. The van der Waals surface area contributed by atoms with Crippen LogP contribution in [-0.2, 0) is 9.53 Å². The van der Waals surface area contributed by atoms with Crippen LogP contribution in [0.5, 0.6) is 0 Å². The SMILES string of the molecule is CNC(CC(=O)OC)c1ccccc1Cl. The molecule has 1 rings (SSSR count). The van der Waals surface area contributed by atoms with E-state index in [2.05, 4.69) is 10.1 Å². The highest BCUT2D eigenvalue weighted by Gasteiger charge is 2.16. The summed E-state index contributed by atoms with van der Waals surface area (Å²) in [6, 6.07) is 7.34. The van der Waals surface area contributed by atoms with Gasteiger partial charge in [0.1, 0.15) is 0 Å². The number of benzene rings is 1. The summed E-state index contributed by atoms with van der Waals surface area (Å²) < 4.78 is 4.62. The third kappa shape index (κ3) is 3.22. The van der Waals surface area contributed by atoms with Gasteiger partial charge < -0.3 is 10.1 Å². The van der Waals surface area contributed by atoms with E-state index in [4.69, 9.17) is 11.6 Å². The maximum Gasteiger partial charge on any atom is 0.307 e. The molecule has 0 spiro atoms. The highest BCUT2D eigenvalue weighted by atomic mass is 35.5. The number of carbonyl (C=O) groups excluding carboxylic acids is 1. The quantitative estimate of drug-likeness (QED) is 0.802. The smallest absolute Gasteiger partial charge is 0.307 e. The molecule has 0 bridgehead atoms. The monoisotopic (exact) mass is 227 g/mol. The number of hydrogen-bond acceptors (Lipinski definition) is 3. The fourth-order valence-corrected chi connectivity index (χ4v) is 1.64. The Morgan fingerprint density at radius 3 is 2.73 bits per heavy atom. The van der Waals surface area contributed by atoms with Crippen LogP contribution in [0.2, 0.25) is 5.02 Å². The van der Waals surface area contributed by atoms with Crippen molar-refractivity contribution in [2.24, 2.45) is 0 Å². The molecule has 1 aromatic carbocycles. The molecule has 0 fully saturated rings. The predicted molar refractivity (Wildman–Crippen MR) is 59.9 cm³/mol. The van der Waals surface area contributed by atoms with Gasteiger partial charge in [0.15, 0.2) is 0 Å². The first-order chi connectivity index (χ1) is 7.19. The summed E-state index contributed by atoms with van der Waals surface area (Å²) in [5, 5.41) is 3.69. The van der Waals surface area contributed by atoms with Crippen LogP contribution in [0.4, 0.5) is 0 Å². The van der Waals surface area contributed by atoms with Crippen molar-refractivity contribution in [3.05, 3.63) is 34.9 Å². The molecule has 1 atom stereocenters. The molecule has 0 radical (unpaired) electrons. The second kappa shape index (κ2) is 5.73. The van der Waals surface area contributed by atoms with Crippen LogP contribution in [-0.4, -0.2) is 20.1 Å². The van der Waals surface area contributed by atoms with E-state index in [9.17, 15) is 4.79 Å². The van der Waals surface area contributed by atoms with E-state index in [1.807, 2.05) is 18.2 Å². The Morgan fingerprint density at radius 1 is 1.53 bits per heavy atom. The van der Waals surface area contributed by atoms with E-state index in [1.54, 1.807) is 13.1 Å². The number of methoxy groups -OCH3 is 1. The lowest BCUT2D eigenvalue weighted by Crippen LogP contribution is -2.20. The zero-order valence-corrected chi connectivity index (χ0v) is 9.54. The molecule has 82 valence electrons. The summed E-state index contributed by atoms with van der Waals surface area (Å²) in [6.07, 6.45) is 0.275. The Morgan fingerprint density at radius 2 is 2.20 bits per heavy atom. The minimum absolute atomic E-state index is 0.105. The largest absolute Gasteiger partial charge is 0.469 e. The first-order valence-electron chi connectivity index (χ1n) is 4.67. The zero-order chi connectivity index (χ0) is 11.3. The van der Waals surface area contributed by atoms with Crippen molar-refractivity contribution in [2.45, 2.75) is 12.5 Å². The van der Waals surface area contributed by atoms with Gasteiger partial charge in [0.2, 0.25) is 0 Å². The van der Waals surface area contributed by atoms with Gasteiger partial charge in [-0.2, -0.15) is 0 Å². The van der Waals surface area contributed by atoms with Gasteiger partial charge in [-0.05, 0) is 18.7 Å². The van der Waals surface area contributed by atoms with Gasteiger partial charge in [0.25, 0.3) is 0 Å². The molecule has 0 aliphatic carbocycles. The van der Waals surface area contributed by atoms with Gasteiger partial charge in [-0.25, -0.2) is 0 Å². The molecule has 0 saturated heterocycles. The standard InChI is InChI=1S/C11H14ClNO2/c1-13-10(7-11(14)15-2)8-5-3-4-6-9(8)12/h3-6,10,13H,7H2,1-2H3. The highest BCUT2D eigenvalue weighted by Crippen LogP contribution is 2.24. The second-order valence-electron chi connectivity index (χ2n) is 3.14. The molecule has 1 unspecified atom stereocenters. The van der Waals surface area contributed by atoms with Crippen molar-refractivity contribution >= 4 is 17.6 Å². The van der Waals surface area contributed by atoms with E-state index < -0.39 is 0 Å². The summed E-state index contributed by atoms with van der Waals surface area (Å²) in [6.45, 7) is 0. The molecule has 3 nitrogen and oxygen atoms in total. The van der Waals surface area contributed by atoms with Gasteiger partial charge in [-0.15, -0.1) is 0 Å². The Balaban J connectivity index is 2.83. The van der Waals surface area contributed by atoms with Crippen molar-refractivity contribution in [2.75, 3.05) is 14.2 Å². The summed E-state index contributed by atoms with van der Waals surface area (Å²) in [7, 11) is 3.17. The van der Waals surface area contributed by atoms with Gasteiger partial charge in [-0.1, -0.05) is 29.8 Å². The number of nitrogens with one attached hydrogen (secondary N) is 1. The lowest BCUT2D eigenvalue weighted by Gasteiger charge is -2.16. The molecule has 0 heterocycles. The van der Waals surface area contributed by atoms with Crippen LogP contribution in [0.15, 0.2) is 24.3 Å². The number of rotatable bonds is 4. The average molecular weight is 228 g/mol. The third-order valence-corrected chi connectivity index (χ3v) is 2.57. The van der Waals surface area contributed by atoms with E-state index in [1.165, 1.54) is 7.11 Å². The molecule has 0 aliphatic heterocycles. The van der Waals surface area contributed by atoms with Crippen molar-refractivity contribution in [1.82, 2.24) is 5.32 Å². The van der Waals surface area contributed by atoms with Crippen LogP contribution >= 0.6 is 11.6 Å². The first-order valence-corrected chi connectivity index (χ1v) is 5.05. The van der Waals surface area contributed by atoms with Gasteiger partial charge in [0, 0.05) is 11.1 Å². The summed E-state index contributed by atoms with van der Waals surface area (Å²) in [5.74, 6) is -0.255. The molecular formula is C11H14ClNO2. The lowest BCUT2D eigenvalue weighted by atomic mass is 10.0. The van der Waals surface area contributed by atoms with Crippen LogP contribution in [0.3, 0.4) is 0 Å². The predicted octanol–water partition coefficient (Wildman–Crippen LogP) is 2.16. The van der Waals surface area contributed by atoms with Crippen molar-refractivity contribution < 1.29 is 9.53 Å². The van der Waals surface area contributed by atoms with E-state index in [-0.39, 0.29) is 18.4 Å². The first kappa shape index (κ1) is 12.0. The minimum Gasteiger partial charge on any atom is -0.469 e. The van der Waals surface area contributed by atoms with Crippen LogP contribution < -0.4 is 5.32 Å². The summed E-state index contributed by atoms with van der Waals surface area (Å²) in [5.41, 5.74) is 0.909. The fourth-order valence-electron chi connectivity index (χ4n) is 1.38. The Bertz CT molecular complexity index is 341. The zero-order valence-electron chi connectivity index (χ0n) is 8.79. The van der Waals surface area contributed by atoms with Crippen LogP contribution in [0.25, 0.3) is 0 Å². The fraction of sp³-hybridized carbons (Fsp3) is 0.364. The van der Waals surface area contributed by atoms with Gasteiger partial charge >= 0.3 is 5.97 Å². The summed E-state index contributed by atoms with van der Waals surface area (Å²) in [4.78, 5) is 11.2. The number of esters is 1. The second-order valence-corrected chi connectivity index (χ2v) is 3.55. The maximum atomic E-state index is 11.2. The summed E-state index contributed by atoms with van der Waals surface area (Å²) >= 11 is 6.03. The van der Waals surface area contributed by atoms with Gasteiger partial charge in [-0.3, -0.25) is 4.79 Å². The average Bonchev–Trinajstić information content (AvgIpc) is 2.26. The molecule has 1 aromatic rings. The molecule has 0 saturated carbocycles. The molecule has 0 aliphatic rings. The van der Waals surface area contributed by atoms with Crippen LogP contribution in [0.1, 0.15) is 18.0 Å². The van der Waals surface area contributed by atoms with Crippen molar-refractivity contribution in [3.8, 4) is 0 Å². The topological polar surface area (TPSA) is 38.3 Å². The third-order valence-electron chi connectivity index (χ3n) is 2.23. The lowest BCUT2D eigenvalue weighted by molar-refractivity contribution is -0.141. The number of hydrogen-bond donors (Lipinski definition) is 1. The van der Waals surface area contributed by atoms with Crippen molar-refractivity contribution in [3.63, 3.8) is 0 Å². The Kier molecular flexibility index (Phi) is 4.59.